The van der Waals surface area contributed by atoms with E-state index in [4.69, 9.17) is 5.11 Å². The summed E-state index contributed by atoms with van der Waals surface area (Å²) < 4.78 is 1.60. The maximum atomic E-state index is 12.1. The molecule has 0 spiro atoms. The molecule has 0 fully saturated rings. The molecule has 1 aromatic heterocycles. The molecule has 0 saturated carbocycles. The van der Waals surface area contributed by atoms with Crippen molar-refractivity contribution < 1.29 is 9.90 Å². The second kappa shape index (κ2) is 9.50. The van der Waals surface area contributed by atoms with Crippen molar-refractivity contribution in [1.82, 2.24) is 4.57 Å². The first-order valence-corrected chi connectivity index (χ1v) is 8.27. The SMILES string of the molecule is CC.CCC/C=C(\c1ccc(C(=O)O)cc1C)n1ccccc1=O. The molecule has 0 atom stereocenters. The van der Waals surface area contributed by atoms with Gasteiger partial charge in [-0.2, -0.15) is 0 Å². The first kappa shape index (κ1) is 19.4. The predicted octanol–water partition coefficient (Wildman–Crippen LogP) is 4.57. The lowest BCUT2D eigenvalue weighted by atomic mass is 10.0. The minimum atomic E-state index is -0.953. The summed E-state index contributed by atoms with van der Waals surface area (Å²) in [5.41, 5.74) is 2.63. The second-order valence-electron chi connectivity index (χ2n) is 5.12. The van der Waals surface area contributed by atoms with Gasteiger partial charge < -0.3 is 5.11 Å². The highest BCUT2D eigenvalue weighted by molar-refractivity contribution is 5.88. The van der Waals surface area contributed by atoms with Crippen molar-refractivity contribution in [2.45, 2.75) is 40.5 Å². The lowest BCUT2D eigenvalue weighted by molar-refractivity contribution is 0.0697. The number of hydrogen-bond donors (Lipinski definition) is 1. The first-order chi connectivity index (χ1) is 11.5. The summed E-state index contributed by atoms with van der Waals surface area (Å²) in [6, 6.07) is 9.99. The van der Waals surface area contributed by atoms with Crippen LogP contribution in [-0.4, -0.2) is 15.6 Å². The van der Waals surface area contributed by atoms with Crippen LogP contribution in [0, 0.1) is 6.92 Å². The maximum absolute atomic E-state index is 12.1. The molecular formula is C20H25NO3. The van der Waals surface area contributed by atoms with Gasteiger partial charge in [-0.25, -0.2) is 4.79 Å². The van der Waals surface area contributed by atoms with Gasteiger partial charge in [0, 0.05) is 17.8 Å². The monoisotopic (exact) mass is 327 g/mol. The highest BCUT2D eigenvalue weighted by atomic mass is 16.4. The van der Waals surface area contributed by atoms with Crippen molar-refractivity contribution in [3.63, 3.8) is 0 Å². The normalized spacial score (nSPS) is 10.8. The third-order valence-electron chi connectivity index (χ3n) is 3.46. The third-order valence-corrected chi connectivity index (χ3v) is 3.46. The fraction of sp³-hybridized carbons (Fsp3) is 0.300. The van der Waals surface area contributed by atoms with Gasteiger partial charge in [-0.15, -0.1) is 0 Å². The number of carboxylic acids is 1. The zero-order valence-corrected chi connectivity index (χ0v) is 14.7. The van der Waals surface area contributed by atoms with Gasteiger partial charge in [0.25, 0.3) is 5.56 Å². The molecule has 0 aliphatic heterocycles. The van der Waals surface area contributed by atoms with Crippen LogP contribution in [0.5, 0.6) is 0 Å². The second-order valence-corrected chi connectivity index (χ2v) is 5.12. The van der Waals surface area contributed by atoms with E-state index in [1.54, 1.807) is 35.0 Å². The third kappa shape index (κ3) is 4.69. The molecule has 24 heavy (non-hydrogen) atoms. The van der Waals surface area contributed by atoms with Crippen LogP contribution in [0.3, 0.4) is 0 Å². The smallest absolute Gasteiger partial charge is 0.335 e. The van der Waals surface area contributed by atoms with Crippen molar-refractivity contribution in [3.8, 4) is 0 Å². The van der Waals surface area contributed by atoms with Crippen LogP contribution in [0.25, 0.3) is 5.70 Å². The zero-order valence-electron chi connectivity index (χ0n) is 14.7. The number of carboxylic acid groups (broad SMARTS) is 1. The molecule has 0 aliphatic carbocycles. The minimum absolute atomic E-state index is 0.105. The Morgan fingerprint density at radius 2 is 1.92 bits per heavy atom. The Morgan fingerprint density at radius 3 is 2.46 bits per heavy atom. The summed E-state index contributed by atoms with van der Waals surface area (Å²) >= 11 is 0. The van der Waals surface area contributed by atoms with Crippen LogP contribution >= 0.6 is 0 Å². The number of pyridine rings is 1. The van der Waals surface area contributed by atoms with Gasteiger partial charge in [-0.3, -0.25) is 9.36 Å². The molecule has 0 radical (unpaired) electrons. The maximum Gasteiger partial charge on any atom is 0.335 e. The highest BCUT2D eigenvalue weighted by Crippen LogP contribution is 2.22. The number of aromatic nitrogens is 1. The summed E-state index contributed by atoms with van der Waals surface area (Å²) in [6.07, 6.45) is 5.56. The Bertz CT molecular complexity index is 772. The van der Waals surface area contributed by atoms with Gasteiger partial charge in [0.05, 0.1) is 11.3 Å². The van der Waals surface area contributed by atoms with E-state index in [9.17, 15) is 9.59 Å². The Labute approximate surface area is 143 Å². The number of nitrogens with zero attached hydrogens (tertiary/aromatic N) is 1. The summed E-state index contributed by atoms with van der Waals surface area (Å²) in [6.45, 7) is 7.93. The van der Waals surface area contributed by atoms with Crippen molar-refractivity contribution in [3.05, 3.63) is 75.7 Å². The average Bonchev–Trinajstić information content (AvgIpc) is 2.59. The molecule has 2 rings (SSSR count). The van der Waals surface area contributed by atoms with Crippen LogP contribution in [-0.2, 0) is 0 Å². The Kier molecular flexibility index (Phi) is 7.69. The van der Waals surface area contributed by atoms with Crippen LogP contribution in [0.1, 0.15) is 55.1 Å². The standard InChI is InChI=1S/C18H19NO3.C2H6/c1-3-4-7-16(19-11-6-5-8-17(19)20)15-10-9-14(18(21)22)12-13(15)2;1-2/h5-12H,3-4H2,1-2H3,(H,21,22);1-2H3/b16-7+;. The lowest BCUT2D eigenvalue weighted by Crippen LogP contribution is -2.18. The van der Waals surface area contributed by atoms with Gasteiger partial charge in [0.2, 0.25) is 0 Å². The van der Waals surface area contributed by atoms with E-state index in [0.717, 1.165) is 29.7 Å². The van der Waals surface area contributed by atoms with Gasteiger partial charge in [-0.05, 0) is 37.1 Å². The molecule has 1 heterocycles. The molecular weight excluding hydrogens is 302 g/mol. The Morgan fingerprint density at radius 1 is 1.21 bits per heavy atom. The summed E-state index contributed by atoms with van der Waals surface area (Å²) in [5.74, 6) is -0.953. The average molecular weight is 327 g/mol. The van der Waals surface area contributed by atoms with Gasteiger partial charge >= 0.3 is 5.97 Å². The zero-order chi connectivity index (χ0) is 18.1. The number of allylic oxidation sites excluding steroid dienone is 1. The number of rotatable bonds is 5. The fourth-order valence-corrected chi connectivity index (χ4v) is 2.33. The van der Waals surface area contributed by atoms with Crippen LogP contribution in [0.2, 0.25) is 0 Å². The predicted molar refractivity (Wildman–Crippen MR) is 98.5 cm³/mol. The number of carbonyl (C=O) groups is 1. The quantitative estimate of drug-likeness (QED) is 0.875. The molecule has 0 bridgehead atoms. The van der Waals surface area contributed by atoms with Crippen LogP contribution in [0.15, 0.2) is 53.5 Å². The van der Waals surface area contributed by atoms with Crippen molar-refractivity contribution in [2.24, 2.45) is 0 Å². The molecule has 0 saturated heterocycles. The summed E-state index contributed by atoms with van der Waals surface area (Å²) in [7, 11) is 0. The van der Waals surface area contributed by atoms with E-state index >= 15 is 0 Å². The summed E-state index contributed by atoms with van der Waals surface area (Å²) in [4.78, 5) is 23.2. The van der Waals surface area contributed by atoms with E-state index in [1.165, 1.54) is 6.07 Å². The van der Waals surface area contributed by atoms with E-state index in [1.807, 2.05) is 32.9 Å². The molecule has 0 aliphatic rings. The Balaban J connectivity index is 0.00000139. The molecule has 4 heteroatoms. The topological polar surface area (TPSA) is 59.3 Å². The minimum Gasteiger partial charge on any atom is -0.478 e. The van der Waals surface area contributed by atoms with Gasteiger partial charge in [0.15, 0.2) is 0 Å². The van der Waals surface area contributed by atoms with E-state index in [0.29, 0.717) is 0 Å². The number of aromatic carboxylic acids is 1. The first-order valence-electron chi connectivity index (χ1n) is 8.27. The number of benzene rings is 1. The molecule has 2 aromatic rings. The molecule has 1 N–H and O–H groups in total. The van der Waals surface area contributed by atoms with Crippen LogP contribution < -0.4 is 5.56 Å². The molecule has 128 valence electrons. The van der Waals surface area contributed by atoms with Crippen molar-refractivity contribution >= 4 is 11.7 Å². The number of hydrogen-bond acceptors (Lipinski definition) is 2. The van der Waals surface area contributed by atoms with Crippen LogP contribution in [0.4, 0.5) is 0 Å². The van der Waals surface area contributed by atoms with E-state index in [-0.39, 0.29) is 11.1 Å². The van der Waals surface area contributed by atoms with Crippen molar-refractivity contribution in [2.75, 3.05) is 0 Å². The van der Waals surface area contributed by atoms with E-state index < -0.39 is 5.97 Å². The molecule has 0 unspecified atom stereocenters. The Hall–Kier alpha value is -2.62. The molecule has 4 nitrogen and oxygen atoms in total. The number of aryl methyl sites for hydroxylation is 1. The summed E-state index contributed by atoms with van der Waals surface area (Å²) in [5, 5.41) is 9.07. The van der Waals surface area contributed by atoms with Gasteiger partial charge in [-0.1, -0.05) is 45.4 Å². The fourth-order valence-electron chi connectivity index (χ4n) is 2.33. The molecule has 1 aromatic carbocycles. The lowest BCUT2D eigenvalue weighted by Gasteiger charge is -2.14. The number of unbranched alkanes of at least 4 members (excludes halogenated alkanes) is 1. The van der Waals surface area contributed by atoms with Crippen molar-refractivity contribution in [1.29, 1.82) is 0 Å². The highest BCUT2D eigenvalue weighted by Gasteiger charge is 2.11. The molecule has 0 amide bonds. The van der Waals surface area contributed by atoms with Gasteiger partial charge in [0.1, 0.15) is 0 Å². The largest absolute Gasteiger partial charge is 0.478 e. The van der Waals surface area contributed by atoms with E-state index in [2.05, 4.69) is 6.92 Å².